The van der Waals surface area contributed by atoms with Gasteiger partial charge in [-0.25, -0.2) is 4.98 Å². The molecule has 0 amide bonds. The van der Waals surface area contributed by atoms with E-state index >= 15 is 0 Å². The molecule has 1 heterocycles. The zero-order valence-electron chi connectivity index (χ0n) is 15.5. The van der Waals surface area contributed by atoms with Crippen molar-refractivity contribution in [1.29, 1.82) is 0 Å². The molecule has 1 aliphatic rings. The number of fused-ring (bicyclic) bond motifs is 3. The van der Waals surface area contributed by atoms with E-state index in [1.165, 1.54) is 32.9 Å². The minimum Gasteiger partial charge on any atom is -0.247 e. The van der Waals surface area contributed by atoms with Gasteiger partial charge in [0.05, 0.1) is 11.2 Å². The highest BCUT2D eigenvalue weighted by Gasteiger charge is 2.14. The molecule has 0 fully saturated rings. The van der Waals surface area contributed by atoms with Crippen LogP contribution in [0.25, 0.3) is 27.2 Å². The molecule has 1 nitrogen and oxygen atoms in total. The molecule has 1 atom stereocenters. The average Bonchev–Trinajstić information content (AvgIpc) is 2.61. The second-order valence-electron chi connectivity index (χ2n) is 7.67. The van der Waals surface area contributed by atoms with Crippen molar-refractivity contribution < 1.29 is 0 Å². The van der Waals surface area contributed by atoms with E-state index < -0.39 is 0 Å². The van der Waals surface area contributed by atoms with Crippen molar-refractivity contribution in [3.05, 3.63) is 71.4 Å². The van der Waals surface area contributed by atoms with Crippen LogP contribution in [0.5, 0.6) is 0 Å². The Morgan fingerprint density at radius 3 is 2.46 bits per heavy atom. The third-order valence-electron chi connectivity index (χ3n) is 5.23. The number of allylic oxidation sites excluding steroid dienone is 4. The van der Waals surface area contributed by atoms with Gasteiger partial charge in [0.15, 0.2) is 0 Å². The summed E-state index contributed by atoms with van der Waals surface area (Å²) in [5, 5.41) is 3.82. The summed E-state index contributed by atoms with van der Waals surface area (Å²) in [6, 6.07) is 13.5. The fourth-order valence-electron chi connectivity index (χ4n) is 3.62. The molecule has 4 rings (SSSR count). The monoisotopic (exact) mass is 343 g/mol. The minimum atomic E-state index is 0. The first kappa shape index (κ1) is 18.4. The number of nitrogens with zero attached hydrogens (tertiary/aromatic N) is 1. The largest absolute Gasteiger partial charge is 0.247 e. The smallest absolute Gasteiger partial charge is 0.0784 e. The summed E-state index contributed by atoms with van der Waals surface area (Å²) in [7, 11) is 0. The zero-order valence-corrected chi connectivity index (χ0v) is 15.5. The van der Waals surface area contributed by atoms with Crippen molar-refractivity contribution in [2.45, 2.75) is 47.5 Å². The number of rotatable bonds is 2. The number of hydrogen-bond donors (Lipinski definition) is 0. The van der Waals surface area contributed by atoms with Gasteiger partial charge >= 0.3 is 0 Å². The summed E-state index contributed by atoms with van der Waals surface area (Å²) >= 11 is 0. The third-order valence-corrected chi connectivity index (χ3v) is 5.23. The number of pyridine rings is 1. The van der Waals surface area contributed by atoms with E-state index in [2.05, 4.69) is 82.3 Å². The van der Waals surface area contributed by atoms with Gasteiger partial charge in [0.25, 0.3) is 0 Å². The van der Waals surface area contributed by atoms with Crippen molar-refractivity contribution in [3.63, 3.8) is 0 Å². The molecule has 0 N–H and O–H groups in total. The van der Waals surface area contributed by atoms with Gasteiger partial charge in [0, 0.05) is 10.8 Å². The van der Waals surface area contributed by atoms with E-state index in [-0.39, 0.29) is 7.43 Å². The Kier molecular flexibility index (Phi) is 5.00. The first-order valence-corrected chi connectivity index (χ1v) is 9.25. The van der Waals surface area contributed by atoms with Crippen molar-refractivity contribution in [1.82, 2.24) is 4.98 Å². The summed E-state index contributed by atoms with van der Waals surface area (Å²) in [5.74, 6) is 1.13. The number of aromatic nitrogens is 1. The van der Waals surface area contributed by atoms with Gasteiger partial charge in [-0.3, -0.25) is 0 Å². The summed E-state index contributed by atoms with van der Waals surface area (Å²) < 4.78 is 0. The maximum absolute atomic E-state index is 5.09. The number of benzene rings is 2. The molecule has 134 valence electrons. The molecular weight excluding hydrogens is 314 g/mol. The maximum atomic E-state index is 5.09. The molecule has 2 aromatic carbocycles. The maximum Gasteiger partial charge on any atom is 0.0784 e. The Balaban J connectivity index is 0.00000196. The fourth-order valence-corrected chi connectivity index (χ4v) is 3.62. The second kappa shape index (κ2) is 7.07. The van der Waals surface area contributed by atoms with Crippen LogP contribution in [0.2, 0.25) is 0 Å². The molecule has 0 radical (unpaired) electrons. The lowest BCUT2D eigenvalue weighted by Crippen LogP contribution is -1.99. The lowest BCUT2D eigenvalue weighted by molar-refractivity contribution is 0.739. The van der Waals surface area contributed by atoms with Crippen LogP contribution in [0.1, 0.15) is 57.4 Å². The Morgan fingerprint density at radius 1 is 1.00 bits per heavy atom. The SMILES string of the molecule is C.Cc1ccc2c(c1)nc(C1=CCC(C)C=C1)c1cc(C(C)C)ccc12. The van der Waals surface area contributed by atoms with Crippen LogP contribution in [0.4, 0.5) is 0 Å². The van der Waals surface area contributed by atoms with Crippen molar-refractivity contribution in [2.75, 3.05) is 0 Å². The van der Waals surface area contributed by atoms with Crippen LogP contribution in [-0.4, -0.2) is 4.98 Å². The van der Waals surface area contributed by atoms with E-state index in [4.69, 9.17) is 4.98 Å². The highest BCUT2D eigenvalue weighted by molar-refractivity contribution is 6.10. The summed E-state index contributed by atoms with van der Waals surface area (Å²) in [6.07, 6.45) is 7.98. The standard InChI is InChI=1S/C24H25N.CH4/c1-15(2)19-10-12-20-21-11-7-17(4)13-23(21)25-24(22(20)14-19)18-8-5-16(3)6-9-18;/h5,7-16H,6H2,1-4H3;1H4. The Bertz CT molecular complexity index is 1020. The van der Waals surface area contributed by atoms with Crippen LogP contribution >= 0.6 is 0 Å². The molecule has 0 bridgehead atoms. The zero-order chi connectivity index (χ0) is 17.6. The molecule has 0 spiro atoms. The summed E-state index contributed by atoms with van der Waals surface area (Å²) in [6.45, 7) is 8.89. The molecule has 1 aliphatic carbocycles. The fraction of sp³-hybridized carbons (Fsp3) is 0.320. The second-order valence-corrected chi connectivity index (χ2v) is 7.67. The van der Waals surface area contributed by atoms with E-state index in [1.54, 1.807) is 0 Å². The van der Waals surface area contributed by atoms with Crippen LogP contribution in [-0.2, 0) is 0 Å². The van der Waals surface area contributed by atoms with Crippen LogP contribution < -0.4 is 0 Å². The molecule has 1 aromatic heterocycles. The summed E-state index contributed by atoms with van der Waals surface area (Å²) in [5.41, 5.74) is 6.10. The lowest BCUT2D eigenvalue weighted by atomic mass is 9.91. The van der Waals surface area contributed by atoms with Gasteiger partial charge in [-0.15, -0.1) is 0 Å². The Labute approximate surface area is 157 Å². The van der Waals surface area contributed by atoms with Gasteiger partial charge in [0.1, 0.15) is 0 Å². The topological polar surface area (TPSA) is 12.9 Å². The van der Waals surface area contributed by atoms with Crippen molar-refractivity contribution in [3.8, 4) is 0 Å². The minimum absolute atomic E-state index is 0. The van der Waals surface area contributed by atoms with Gasteiger partial charge in [0.2, 0.25) is 0 Å². The van der Waals surface area contributed by atoms with Crippen LogP contribution in [0.15, 0.2) is 54.6 Å². The molecule has 0 saturated heterocycles. The molecule has 0 aliphatic heterocycles. The molecular formula is C25H29N. The van der Waals surface area contributed by atoms with Crippen molar-refractivity contribution in [2.24, 2.45) is 5.92 Å². The predicted molar refractivity (Wildman–Crippen MR) is 116 cm³/mol. The van der Waals surface area contributed by atoms with E-state index in [0.29, 0.717) is 11.8 Å². The first-order chi connectivity index (χ1) is 12.0. The molecule has 0 saturated carbocycles. The van der Waals surface area contributed by atoms with Crippen LogP contribution in [0.3, 0.4) is 0 Å². The molecule has 1 unspecified atom stereocenters. The average molecular weight is 344 g/mol. The first-order valence-electron chi connectivity index (χ1n) is 9.25. The molecule has 1 heteroatoms. The Morgan fingerprint density at radius 2 is 1.77 bits per heavy atom. The highest BCUT2D eigenvalue weighted by atomic mass is 14.7. The number of hydrogen-bond acceptors (Lipinski definition) is 1. The Hall–Kier alpha value is -2.41. The van der Waals surface area contributed by atoms with Gasteiger partial charge in [-0.2, -0.15) is 0 Å². The third kappa shape index (κ3) is 3.19. The van der Waals surface area contributed by atoms with Crippen molar-refractivity contribution >= 4 is 27.2 Å². The molecule has 3 aromatic rings. The highest BCUT2D eigenvalue weighted by Crippen LogP contribution is 2.34. The number of aryl methyl sites for hydroxylation is 1. The van der Waals surface area contributed by atoms with Gasteiger partial charge < -0.3 is 0 Å². The quantitative estimate of drug-likeness (QED) is 0.441. The predicted octanol–water partition coefficient (Wildman–Crippen LogP) is 7.44. The summed E-state index contributed by atoms with van der Waals surface area (Å²) in [4.78, 5) is 5.09. The lowest BCUT2D eigenvalue weighted by Gasteiger charge is -2.16. The van der Waals surface area contributed by atoms with Gasteiger partial charge in [-0.05, 0) is 59.4 Å². The van der Waals surface area contributed by atoms with E-state index in [1.807, 2.05) is 0 Å². The van der Waals surface area contributed by atoms with Crippen LogP contribution in [0, 0.1) is 12.8 Å². The molecule has 26 heavy (non-hydrogen) atoms. The normalized spacial score (nSPS) is 16.8. The van der Waals surface area contributed by atoms with Gasteiger partial charge in [-0.1, -0.05) is 70.7 Å². The van der Waals surface area contributed by atoms with E-state index in [0.717, 1.165) is 17.6 Å². The van der Waals surface area contributed by atoms with E-state index in [9.17, 15) is 0 Å².